The van der Waals surface area contributed by atoms with Gasteiger partial charge in [0.2, 0.25) is 0 Å². The molecule has 0 saturated heterocycles. The first-order valence-electron chi connectivity index (χ1n) is 3.46. The Bertz CT molecular complexity index is 480. The molecular weight excluding hydrogens is 177 g/mol. The van der Waals surface area contributed by atoms with Crippen LogP contribution in [0.25, 0.3) is 11.0 Å². The molecule has 2 aromatic heterocycles. The lowest BCUT2D eigenvalue weighted by Crippen LogP contribution is -1.90. The number of pyridine rings is 1. The third-order valence-corrected chi connectivity index (χ3v) is 1.70. The first-order valence-corrected chi connectivity index (χ1v) is 3.46. The average Bonchev–Trinajstić information content (AvgIpc) is 2.48. The molecule has 0 radical (unpaired) electrons. The normalized spacial score (nSPS) is 10.5. The quantitative estimate of drug-likeness (QED) is 0.536. The summed E-state index contributed by atoms with van der Waals surface area (Å²) in [6.07, 6.45) is 2.31. The summed E-state index contributed by atoms with van der Waals surface area (Å²) in [4.78, 5) is 16.1. The number of hydrogen-bond acceptors (Lipinski definition) is 3. The van der Waals surface area contributed by atoms with Gasteiger partial charge < -0.3 is 4.98 Å². The van der Waals surface area contributed by atoms with Gasteiger partial charge in [0.05, 0.1) is 4.92 Å². The van der Waals surface area contributed by atoms with Gasteiger partial charge in [0.15, 0.2) is 5.82 Å². The van der Waals surface area contributed by atoms with Crippen molar-refractivity contribution in [2.75, 3.05) is 0 Å². The van der Waals surface area contributed by atoms with Gasteiger partial charge in [-0.3, -0.25) is 10.1 Å². The molecule has 66 valence electrons. The van der Waals surface area contributed by atoms with Crippen LogP contribution in [0.5, 0.6) is 0 Å². The maximum Gasteiger partial charge on any atom is 0.284 e. The first-order chi connectivity index (χ1) is 6.20. The lowest BCUT2D eigenvalue weighted by molar-refractivity contribution is -0.383. The Labute approximate surface area is 71.4 Å². The molecule has 0 bridgehead atoms. The van der Waals surface area contributed by atoms with E-state index in [1.165, 1.54) is 12.3 Å². The molecule has 0 fully saturated rings. The topological polar surface area (TPSA) is 71.8 Å². The summed E-state index contributed by atoms with van der Waals surface area (Å²) in [5, 5.41) is 10.4. The van der Waals surface area contributed by atoms with Gasteiger partial charge >= 0.3 is 0 Å². The van der Waals surface area contributed by atoms with Crippen LogP contribution in [0, 0.1) is 15.9 Å². The Morgan fingerprint density at radius 1 is 1.62 bits per heavy atom. The van der Waals surface area contributed by atoms with Crippen molar-refractivity contribution in [1.82, 2.24) is 9.97 Å². The summed E-state index contributed by atoms with van der Waals surface area (Å²) in [7, 11) is 0. The van der Waals surface area contributed by atoms with Gasteiger partial charge in [-0.15, -0.1) is 0 Å². The van der Waals surface area contributed by atoms with E-state index in [9.17, 15) is 14.5 Å². The molecule has 6 heteroatoms. The Morgan fingerprint density at radius 2 is 2.38 bits per heavy atom. The molecule has 0 aliphatic heterocycles. The van der Waals surface area contributed by atoms with Crippen LogP contribution in [-0.2, 0) is 0 Å². The van der Waals surface area contributed by atoms with Crippen molar-refractivity contribution in [2.24, 2.45) is 0 Å². The zero-order valence-electron chi connectivity index (χ0n) is 6.32. The maximum atomic E-state index is 13.0. The van der Waals surface area contributed by atoms with Crippen LogP contribution in [0.1, 0.15) is 0 Å². The molecule has 0 spiro atoms. The Balaban J connectivity index is 2.88. The van der Waals surface area contributed by atoms with Gasteiger partial charge in [-0.25, -0.2) is 9.37 Å². The van der Waals surface area contributed by atoms with Crippen LogP contribution in [0.3, 0.4) is 0 Å². The number of fused-ring (bicyclic) bond motifs is 1. The van der Waals surface area contributed by atoms with Crippen molar-refractivity contribution in [3.8, 4) is 0 Å². The van der Waals surface area contributed by atoms with Gasteiger partial charge in [-0.2, -0.15) is 0 Å². The van der Waals surface area contributed by atoms with Gasteiger partial charge in [-0.1, -0.05) is 0 Å². The third-order valence-electron chi connectivity index (χ3n) is 1.70. The van der Waals surface area contributed by atoms with E-state index in [4.69, 9.17) is 0 Å². The van der Waals surface area contributed by atoms with Gasteiger partial charge in [0, 0.05) is 18.5 Å². The van der Waals surface area contributed by atoms with E-state index in [0.717, 1.165) is 6.20 Å². The fraction of sp³-hybridized carbons (Fsp3) is 0. The standard InChI is InChI=1S/C7H4FN3O2/c8-4-3-10-7-6(4)5(11(12)13)1-2-9-7/h1-3H,(H,9,10). The highest BCUT2D eigenvalue weighted by molar-refractivity contribution is 5.85. The van der Waals surface area contributed by atoms with E-state index in [2.05, 4.69) is 9.97 Å². The lowest BCUT2D eigenvalue weighted by atomic mass is 10.3. The zero-order chi connectivity index (χ0) is 9.42. The molecule has 0 unspecified atom stereocenters. The van der Waals surface area contributed by atoms with Gasteiger partial charge in [0.1, 0.15) is 11.0 Å². The summed E-state index contributed by atoms with van der Waals surface area (Å²) < 4.78 is 13.0. The summed E-state index contributed by atoms with van der Waals surface area (Å²) in [5.74, 6) is -0.658. The smallest absolute Gasteiger partial charge is 0.284 e. The molecule has 0 aliphatic rings. The van der Waals surface area contributed by atoms with Crippen molar-refractivity contribution < 1.29 is 9.31 Å². The zero-order valence-corrected chi connectivity index (χ0v) is 6.32. The van der Waals surface area contributed by atoms with E-state index in [0.29, 0.717) is 0 Å². The largest absolute Gasteiger partial charge is 0.343 e. The second-order valence-electron chi connectivity index (χ2n) is 2.45. The van der Waals surface area contributed by atoms with Crippen molar-refractivity contribution in [2.45, 2.75) is 0 Å². The molecule has 1 N–H and O–H groups in total. The predicted molar refractivity (Wildman–Crippen MR) is 42.7 cm³/mol. The summed E-state index contributed by atoms with van der Waals surface area (Å²) in [5.41, 5.74) is -0.0875. The Kier molecular flexibility index (Phi) is 1.48. The Morgan fingerprint density at radius 3 is 3.08 bits per heavy atom. The minimum atomic E-state index is -0.658. The first kappa shape index (κ1) is 7.66. The number of rotatable bonds is 1. The molecule has 0 aromatic carbocycles. The van der Waals surface area contributed by atoms with Crippen molar-refractivity contribution in [3.05, 3.63) is 34.4 Å². The van der Waals surface area contributed by atoms with E-state index in [1.54, 1.807) is 0 Å². The molecule has 5 nitrogen and oxygen atoms in total. The number of nitrogens with one attached hydrogen (secondary N) is 1. The second-order valence-corrected chi connectivity index (χ2v) is 2.45. The van der Waals surface area contributed by atoms with Crippen LogP contribution < -0.4 is 0 Å². The molecule has 0 amide bonds. The molecular formula is C7H4FN3O2. The fourth-order valence-corrected chi connectivity index (χ4v) is 1.15. The van der Waals surface area contributed by atoms with Crippen LogP contribution in [-0.4, -0.2) is 14.9 Å². The van der Waals surface area contributed by atoms with E-state index in [1.807, 2.05) is 0 Å². The number of aromatic nitrogens is 2. The number of nitro groups is 1. The lowest BCUT2D eigenvalue weighted by Gasteiger charge is -1.91. The molecule has 13 heavy (non-hydrogen) atoms. The summed E-state index contributed by atoms with van der Waals surface area (Å²) >= 11 is 0. The third kappa shape index (κ3) is 1.03. The van der Waals surface area contributed by atoms with Crippen molar-refractivity contribution in [3.63, 3.8) is 0 Å². The van der Waals surface area contributed by atoms with Crippen LogP contribution >= 0.6 is 0 Å². The molecule has 2 heterocycles. The molecule has 0 saturated carbocycles. The predicted octanol–water partition coefficient (Wildman–Crippen LogP) is 1.61. The number of halogens is 1. The number of aromatic amines is 1. The van der Waals surface area contributed by atoms with E-state index >= 15 is 0 Å². The highest BCUT2D eigenvalue weighted by atomic mass is 19.1. The number of nitrogens with zero attached hydrogens (tertiary/aromatic N) is 2. The van der Waals surface area contributed by atoms with Crippen LogP contribution in [0.4, 0.5) is 10.1 Å². The van der Waals surface area contributed by atoms with Crippen LogP contribution in [0.15, 0.2) is 18.5 Å². The second kappa shape index (κ2) is 2.51. The summed E-state index contributed by atoms with van der Waals surface area (Å²) in [6.45, 7) is 0. The highest BCUT2D eigenvalue weighted by Crippen LogP contribution is 2.25. The molecule has 0 atom stereocenters. The molecule has 2 aromatic rings. The van der Waals surface area contributed by atoms with E-state index in [-0.39, 0.29) is 16.7 Å². The maximum absolute atomic E-state index is 13.0. The average molecular weight is 181 g/mol. The van der Waals surface area contributed by atoms with Crippen LogP contribution in [0.2, 0.25) is 0 Å². The van der Waals surface area contributed by atoms with Gasteiger partial charge in [0.25, 0.3) is 5.69 Å². The summed E-state index contributed by atoms with van der Waals surface area (Å²) in [6, 6.07) is 1.17. The van der Waals surface area contributed by atoms with E-state index < -0.39 is 10.7 Å². The van der Waals surface area contributed by atoms with Crippen molar-refractivity contribution >= 4 is 16.7 Å². The minimum Gasteiger partial charge on any atom is -0.343 e. The Hall–Kier alpha value is -1.98. The molecule has 0 aliphatic carbocycles. The van der Waals surface area contributed by atoms with Gasteiger partial charge in [-0.05, 0) is 0 Å². The molecule has 2 rings (SSSR count). The number of hydrogen-bond donors (Lipinski definition) is 1. The van der Waals surface area contributed by atoms with Crippen molar-refractivity contribution in [1.29, 1.82) is 0 Å². The highest BCUT2D eigenvalue weighted by Gasteiger charge is 2.17. The fourth-order valence-electron chi connectivity index (χ4n) is 1.15. The SMILES string of the molecule is O=[N+]([O-])c1ccnc2[nH]cc(F)c12. The number of H-pyrrole nitrogens is 1. The minimum absolute atomic E-state index is 0.0764. The monoisotopic (exact) mass is 181 g/mol.